The number of hydrogen-bond donors (Lipinski definition) is 0. The zero-order chi connectivity index (χ0) is 7.49. The summed E-state index contributed by atoms with van der Waals surface area (Å²) in [7, 11) is 0. The van der Waals surface area contributed by atoms with Crippen molar-refractivity contribution in [3.8, 4) is 0 Å². The second kappa shape index (κ2) is 2.98. The maximum Gasteiger partial charge on any atom is 0.389 e. The molecule has 5 heteroatoms. The quantitative estimate of drug-likeness (QED) is 0.527. The van der Waals surface area contributed by atoms with Gasteiger partial charge in [-0.3, -0.25) is 0 Å². The molecule has 0 aliphatic carbocycles. The molecule has 55 valence electrons. The molecule has 0 fully saturated rings. The van der Waals surface area contributed by atoms with Crippen molar-refractivity contribution >= 4 is 0 Å². The molecule has 0 aromatic heterocycles. The third kappa shape index (κ3) is 7.65. The van der Waals surface area contributed by atoms with Gasteiger partial charge in [0.25, 0.3) is 0 Å². The minimum atomic E-state index is -4.47. The topological polar surface area (TPSA) is 0 Å². The van der Waals surface area contributed by atoms with Crippen LogP contribution in [0.3, 0.4) is 0 Å². The van der Waals surface area contributed by atoms with Crippen molar-refractivity contribution in [1.82, 2.24) is 0 Å². The van der Waals surface area contributed by atoms with Gasteiger partial charge in [-0.15, -0.1) is 0 Å². The maximum absolute atomic E-state index is 11.1. The highest BCUT2D eigenvalue weighted by atomic mass is 19.4. The van der Waals surface area contributed by atoms with Crippen molar-refractivity contribution in [2.24, 2.45) is 0 Å². The van der Waals surface area contributed by atoms with Crippen LogP contribution in [0, 0.1) is 6.43 Å². The summed E-state index contributed by atoms with van der Waals surface area (Å²) in [4.78, 5) is 0. The first-order chi connectivity index (χ1) is 3.92. The monoisotopic (exact) mass is 147 g/mol. The first-order valence-electron chi connectivity index (χ1n) is 2.15. The van der Waals surface area contributed by atoms with Crippen LogP contribution < -0.4 is 0 Å². The lowest BCUT2D eigenvalue weighted by Gasteiger charge is -2.02. The second-order valence-corrected chi connectivity index (χ2v) is 1.45. The van der Waals surface area contributed by atoms with E-state index < -0.39 is 25.4 Å². The largest absolute Gasteiger partial charge is 0.389 e. The number of halogens is 5. The van der Waals surface area contributed by atoms with E-state index in [0.717, 1.165) is 0 Å². The van der Waals surface area contributed by atoms with E-state index in [2.05, 4.69) is 0 Å². The number of hydrogen-bond acceptors (Lipinski definition) is 0. The Kier molecular flexibility index (Phi) is 2.87. The lowest BCUT2D eigenvalue weighted by atomic mass is 10.3. The lowest BCUT2D eigenvalue weighted by molar-refractivity contribution is -0.137. The van der Waals surface area contributed by atoms with Crippen LogP contribution in [-0.2, 0) is 0 Å². The Bertz CT molecular complexity index is 73.5. The van der Waals surface area contributed by atoms with E-state index in [0.29, 0.717) is 0 Å². The van der Waals surface area contributed by atoms with Gasteiger partial charge in [-0.05, 0) is 0 Å². The van der Waals surface area contributed by atoms with Crippen molar-refractivity contribution in [3.05, 3.63) is 6.43 Å². The van der Waals surface area contributed by atoms with E-state index in [1.54, 1.807) is 0 Å². The highest BCUT2D eigenvalue weighted by molar-refractivity contribution is 4.62. The van der Waals surface area contributed by atoms with Gasteiger partial charge < -0.3 is 0 Å². The Hall–Kier alpha value is -0.350. The summed E-state index contributed by atoms with van der Waals surface area (Å²) in [6.45, 7) is 0. The predicted octanol–water partition coefficient (Wildman–Crippen LogP) is 2.76. The molecular weight excluding hydrogens is 143 g/mol. The molecule has 0 spiro atoms. The van der Waals surface area contributed by atoms with Crippen LogP contribution in [0.5, 0.6) is 0 Å². The summed E-state index contributed by atoms with van der Waals surface area (Å²) in [6.07, 6.45) is -9.25. The molecule has 0 aromatic rings. The summed E-state index contributed by atoms with van der Waals surface area (Å²) < 4.78 is 55.2. The molecule has 9 heavy (non-hydrogen) atoms. The Morgan fingerprint density at radius 2 is 1.56 bits per heavy atom. The summed E-state index contributed by atoms with van der Waals surface area (Å²) in [5, 5.41) is 0. The molecule has 0 N–H and O–H groups in total. The minimum absolute atomic E-state index is 1.18. The third-order valence-corrected chi connectivity index (χ3v) is 0.597. The average Bonchev–Trinajstić information content (AvgIpc) is 1.59. The number of alkyl halides is 3. The molecule has 0 atom stereocenters. The standard InChI is InChI=1S/C4H4F5/c5-3(6)1-2-4(7,8)9/h1-2H2. The maximum atomic E-state index is 11.1. The molecule has 0 aromatic carbocycles. The zero-order valence-electron chi connectivity index (χ0n) is 4.30. The molecule has 0 heterocycles. The SMILES string of the molecule is F[C](F)CCC(F)(F)F. The molecule has 0 saturated carbocycles. The van der Waals surface area contributed by atoms with Gasteiger partial charge in [0.15, 0.2) is 0 Å². The number of rotatable bonds is 2. The lowest BCUT2D eigenvalue weighted by Crippen LogP contribution is -2.06. The van der Waals surface area contributed by atoms with Crippen molar-refractivity contribution in [2.45, 2.75) is 19.0 Å². The van der Waals surface area contributed by atoms with Crippen LogP contribution in [0.25, 0.3) is 0 Å². The van der Waals surface area contributed by atoms with Crippen molar-refractivity contribution in [2.75, 3.05) is 0 Å². The normalized spacial score (nSPS) is 12.7. The third-order valence-electron chi connectivity index (χ3n) is 0.597. The van der Waals surface area contributed by atoms with Gasteiger partial charge in [0.1, 0.15) is 0 Å². The molecule has 0 bridgehead atoms. The molecule has 0 rings (SSSR count). The first-order valence-corrected chi connectivity index (χ1v) is 2.15. The van der Waals surface area contributed by atoms with Crippen LogP contribution in [0.4, 0.5) is 22.0 Å². The van der Waals surface area contributed by atoms with E-state index >= 15 is 0 Å². The highest BCUT2D eigenvalue weighted by Gasteiger charge is 2.28. The van der Waals surface area contributed by atoms with Crippen molar-refractivity contribution in [3.63, 3.8) is 0 Å². The molecule has 0 nitrogen and oxygen atoms in total. The van der Waals surface area contributed by atoms with Gasteiger partial charge in [0.2, 0.25) is 0 Å². The van der Waals surface area contributed by atoms with Crippen molar-refractivity contribution in [1.29, 1.82) is 0 Å². The summed E-state index contributed by atoms with van der Waals surface area (Å²) in [5.41, 5.74) is 0. The Balaban J connectivity index is 3.28. The van der Waals surface area contributed by atoms with Gasteiger partial charge in [0, 0.05) is 12.8 Å². The summed E-state index contributed by atoms with van der Waals surface area (Å²) in [5.74, 6) is 0. The van der Waals surface area contributed by atoms with E-state index in [1.807, 2.05) is 0 Å². The van der Waals surface area contributed by atoms with Crippen molar-refractivity contribution < 1.29 is 22.0 Å². The summed E-state index contributed by atoms with van der Waals surface area (Å²) >= 11 is 0. The smallest absolute Gasteiger partial charge is 0.200 e. The van der Waals surface area contributed by atoms with Gasteiger partial charge in [-0.1, -0.05) is 0 Å². The predicted molar refractivity (Wildman–Crippen MR) is 20.7 cm³/mol. The highest BCUT2D eigenvalue weighted by Crippen LogP contribution is 2.25. The van der Waals surface area contributed by atoms with E-state index in [4.69, 9.17) is 0 Å². The van der Waals surface area contributed by atoms with Gasteiger partial charge in [0.05, 0.1) is 0 Å². The zero-order valence-corrected chi connectivity index (χ0v) is 4.30. The van der Waals surface area contributed by atoms with Gasteiger partial charge in [-0.25, -0.2) is 0 Å². The molecule has 0 aliphatic heterocycles. The Morgan fingerprint density at radius 3 is 1.67 bits per heavy atom. The second-order valence-electron chi connectivity index (χ2n) is 1.45. The van der Waals surface area contributed by atoms with Crippen LogP contribution in [0.1, 0.15) is 12.8 Å². The molecule has 1 radical (unpaired) electrons. The molecule has 0 saturated heterocycles. The van der Waals surface area contributed by atoms with Gasteiger partial charge >= 0.3 is 12.6 Å². The molecule has 0 amide bonds. The van der Waals surface area contributed by atoms with Crippen LogP contribution in [0.2, 0.25) is 0 Å². The Labute approximate surface area is 48.7 Å². The average molecular weight is 147 g/mol. The fourth-order valence-electron chi connectivity index (χ4n) is 0.236. The fourth-order valence-corrected chi connectivity index (χ4v) is 0.236. The summed E-state index contributed by atoms with van der Waals surface area (Å²) in [6, 6.07) is 0. The van der Waals surface area contributed by atoms with E-state index in [1.165, 1.54) is 0 Å². The Morgan fingerprint density at radius 1 is 1.11 bits per heavy atom. The van der Waals surface area contributed by atoms with Crippen LogP contribution >= 0.6 is 0 Å². The molecule has 0 aliphatic rings. The molecule has 0 unspecified atom stereocenters. The minimum Gasteiger partial charge on any atom is -0.200 e. The van der Waals surface area contributed by atoms with E-state index in [9.17, 15) is 22.0 Å². The first kappa shape index (κ1) is 8.65. The van der Waals surface area contributed by atoms with Gasteiger partial charge in [-0.2, -0.15) is 22.0 Å². The van der Waals surface area contributed by atoms with E-state index in [-0.39, 0.29) is 0 Å². The van der Waals surface area contributed by atoms with Crippen LogP contribution in [0.15, 0.2) is 0 Å². The fraction of sp³-hybridized carbons (Fsp3) is 0.750. The van der Waals surface area contributed by atoms with Crippen LogP contribution in [-0.4, -0.2) is 6.18 Å². The molecular formula is C4H4F5.